The Morgan fingerprint density at radius 2 is 0.640 bits per heavy atom. The lowest BCUT2D eigenvalue weighted by Gasteiger charge is -2.41. The first-order chi connectivity index (χ1) is 11.4. The SMILES string of the molecule is CC(C)[Si](/C=C/C/C=C/[Si](C(C)C)(C(C)C)C(C)C)(C(C)C)C(C)C. The Morgan fingerprint density at radius 1 is 0.440 bits per heavy atom. The highest BCUT2D eigenvalue weighted by molar-refractivity contribution is 6.88. The summed E-state index contributed by atoms with van der Waals surface area (Å²) < 4.78 is 0. The molecule has 0 aliphatic rings. The molecular weight excluding hydrogens is 332 g/mol. The quantitative estimate of drug-likeness (QED) is 0.332. The van der Waals surface area contributed by atoms with Gasteiger partial charge in [-0.2, -0.15) is 0 Å². The number of hydrogen-bond acceptors (Lipinski definition) is 0. The van der Waals surface area contributed by atoms with Crippen molar-refractivity contribution < 1.29 is 0 Å². The van der Waals surface area contributed by atoms with Crippen LogP contribution < -0.4 is 0 Å². The van der Waals surface area contributed by atoms with Crippen LogP contribution in [0.1, 0.15) is 89.5 Å². The lowest BCUT2D eigenvalue weighted by atomic mass is 10.4. The summed E-state index contributed by atoms with van der Waals surface area (Å²) in [6.07, 6.45) is 6.12. The van der Waals surface area contributed by atoms with Crippen LogP contribution in [0.4, 0.5) is 0 Å². The zero-order valence-corrected chi connectivity index (χ0v) is 21.5. The van der Waals surface area contributed by atoms with Crippen molar-refractivity contribution in [2.75, 3.05) is 0 Å². The second kappa shape index (κ2) is 10.3. The lowest BCUT2D eigenvalue weighted by molar-refractivity contribution is 0.832. The van der Waals surface area contributed by atoms with E-state index in [0.717, 1.165) is 39.7 Å². The number of hydrogen-bond donors (Lipinski definition) is 0. The van der Waals surface area contributed by atoms with Gasteiger partial charge in [-0.15, -0.1) is 0 Å². The van der Waals surface area contributed by atoms with E-state index in [1.54, 1.807) is 0 Å². The molecule has 0 saturated carbocycles. The van der Waals surface area contributed by atoms with Gasteiger partial charge in [-0.05, 0) is 39.7 Å². The first kappa shape index (κ1) is 24.9. The Kier molecular flexibility index (Phi) is 10.3. The molecule has 0 nitrogen and oxygen atoms in total. The minimum Gasteiger partial charge on any atom is -0.0971 e. The van der Waals surface area contributed by atoms with Crippen LogP contribution in [0.3, 0.4) is 0 Å². The summed E-state index contributed by atoms with van der Waals surface area (Å²) in [6, 6.07) is 0. The second-order valence-corrected chi connectivity index (χ2v) is 21.6. The summed E-state index contributed by atoms with van der Waals surface area (Å²) in [6.45, 7) is 29.3. The molecule has 0 bridgehead atoms. The van der Waals surface area contributed by atoms with Gasteiger partial charge in [0.05, 0.1) is 16.1 Å². The van der Waals surface area contributed by atoms with E-state index in [1.165, 1.54) is 0 Å². The minimum absolute atomic E-state index is 0.809. The van der Waals surface area contributed by atoms with Crippen LogP contribution in [-0.4, -0.2) is 16.1 Å². The first-order valence-corrected chi connectivity index (χ1v) is 15.3. The van der Waals surface area contributed by atoms with Gasteiger partial charge in [0.1, 0.15) is 0 Å². The van der Waals surface area contributed by atoms with Crippen LogP contribution >= 0.6 is 0 Å². The van der Waals surface area contributed by atoms with E-state index in [-0.39, 0.29) is 0 Å². The molecule has 0 aromatic carbocycles. The monoisotopic (exact) mass is 380 g/mol. The van der Waals surface area contributed by atoms with Gasteiger partial charge in [-0.3, -0.25) is 0 Å². The Hall–Kier alpha value is -0.0862. The highest BCUT2D eigenvalue weighted by Gasteiger charge is 2.41. The molecule has 0 aliphatic carbocycles. The third-order valence-electron chi connectivity index (χ3n) is 7.09. The maximum atomic E-state index is 2.68. The lowest BCUT2D eigenvalue weighted by Crippen LogP contribution is -2.42. The molecule has 0 heterocycles. The van der Waals surface area contributed by atoms with Gasteiger partial charge in [0, 0.05) is 0 Å². The summed E-state index contributed by atoms with van der Waals surface area (Å²) in [7, 11) is -2.78. The third-order valence-corrected chi connectivity index (χ3v) is 20.7. The fourth-order valence-electron chi connectivity index (χ4n) is 5.78. The Bertz CT molecular complexity index is 342. The highest BCUT2D eigenvalue weighted by atomic mass is 28.3. The largest absolute Gasteiger partial charge is 0.0971 e. The first-order valence-electron chi connectivity index (χ1n) is 10.7. The van der Waals surface area contributed by atoms with Gasteiger partial charge in [0.15, 0.2) is 0 Å². The van der Waals surface area contributed by atoms with E-state index in [1.807, 2.05) is 0 Å². The molecule has 0 N–H and O–H groups in total. The van der Waals surface area contributed by atoms with Crippen LogP contribution in [0.5, 0.6) is 0 Å². The Balaban J connectivity index is 5.42. The number of rotatable bonds is 10. The van der Waals surface area contributed by atoms with E-state index in [4.69, 9.17) is 0 Å². The Labute approximate surface area is 162 Å². The van der Waals surface area contributed by atoms with Crippen molar-refractivity contribution >= 4 is 16.1 Å². The van der Waals surface area contributed by atoms with Crippen molar-refractivity contribution in [3.05, 3.63) is 23.6 Å². The average Bonchev–Trinajstić information content (AvgIpc) is 2.44. The van der Waals surface area contributed by atoms with Gasteiger partial charge in [0.25, 0.3) is 0 Å². The molecule has 0 amide bonds. The van der Waals surface area contributed by atoms with Crippen molar-refractivity contribution in [1.29, 1.82) is 0 Å². The fourth-order valence-corrected chi connectivity index (χ4v) is 17.2. The van der Waals surface area contributed by atoms with Gasteiger partial charge in [0.2, 0.25) is 0 Å². The van der Waals surface area contributed by atoms with Crippen molar-refractivity contribution in [2.24, 2.45) is 0 Å². The zero-order valence-electron chi connectivity index (χ0n) is 19.5. The van der Waals surface area contributed by atoms with Crippen LogP contribution in [0.15, 0.2) is 23.6 Å². The van der Waals surface area contributed by atoms with Gasteiger partial charge in [-0.1, -0.05) is 107 Å². The average molecular weight is 381 g/mol. The molecule has 0 atom stereocenters. The fraction of sp³-hybridized carbons (Fsp3) is 0.826. The normalized spacial score (nSPS) is 14.8. The van der Waals surface area contributed by atoms with Gasteiger partial charge in [-0.25, -0.2) is 0 Å². The van der Waals surface area contributed by atoms with Crippen LogP contribution in [0.25, 0.3) is 0 Å². The zero-order chi connectivity index (χ0) is 20.0. The highest BCUT2D eigenvalue weighted by Crippen LogP contribution is 2.43. The van der Waals surface area contributed by atoms with Crippen molar-refractivity contribution in [3.63, 3.8) is 0 Å². The molecule has 0 radical (unpaired) electrons. The van der Waals surface area contributed by atoms with E-state index >= 15 is 0 Å². The van der Waals surface area contributed by atoms with E-state index in [9.17, 15) is 0 Å². The maximum absolute atomic E-state index is 2.68. The van der Waals surface area contributed by atoms with Gasteiger partial charge >= 0.3 is 0 Å². The van der Waals surface area contributed by atoms with Gasteiger partial charge < -0.3 is 0 Å². The minimum atomic E-state index is -1.39. The van der Waals surface area contributed by atoms with Crippen molar-refractivity contribution in [3.8, 4) is 0 Å². The summed E-state index contributed by atoms with van der Waals surface area (Å²) in [4.78, 5) is 0. The molecule has 148 valence electrons. The summed E-state index contributed by atoms with van der Waals surface area (Å²) in [5, 5.41) is 0. The molecule has 0 rings (SSSR count). The summed E-state index contributed by atoms with van der Waals surface area (Å²) in [5.74, 6) is 0. The predicted octanol–water partition coefficient (Wildman–Crippen LogP) is 8.92. The second-order valence-electron chi connectivity index (χ2n) is 9.97. The molecule has 0 aromatic rings. The van der Waals surface area contributed by atoms with E-state index in [0.29, 0.717) is 0 Å². The molecule has 0 unspecified atom stereocenters. The van der Waals surface area contributed by atoms with E-state index in [2.05, 4.69) is 107 Å². The van der Waals surface area contributed by atoms with Crippen LogP contribution in [0.2, 0.25) is 33.2 Å². The molecule has 0 aromatic heterocycles. The van der Waals surface area contributed by atoms with Crippen molar-refractivity contribution in [2.45, 2.75) is 123 Å². The molecule has 0 saturated heterocycles. The molecular formula is C23H48Si2. The molecule has 25 heavy (non-hydrogen) atoms. The predicted molar refractivity (Wildman–Crippen MR) is 125 cm³/mol. The van der Waals surface area contributed by atoms with Crippen molar-refractivity contribution in [1.82, 2.24) is 0 Å². The third kappa shape index (κ3) is 5.45. The Morgan fingerprint density at radius 3 is 0.800 bits per heavy atom. The summed E-state index contributed by atoms with van der Waals surface area (Å²) >= 11 is 0. The summed E-state index contributed by atoms with van der Waals surface area (Å²) in [5.41, 5.74) is 10.2. The van der Waals surface area contributed by atoms with Crippen LogP contribution in [-0.2, 0) is 0 Å². The molecule has 2 heteroatoms. The topological polar surface area (TPSA) is 0 Å². The smallest absolute Gasteiger partial charge is 0.0849 e. The maximum Gasteiger partial charge on any atom is 0.0849 e. The molecule has 0 spiro atoms. The van der Waals surface area contributed by atoms with E-state index < -0.39 is 16.1 Å². The molecule has 0 aliphatic heterocycles. The number of allylic oxidation sites excluding steroid dienone is 2. The van der Waals surface area contributed by atoms with Crippen LogP contribution in [0, 0.1) is 0 Å². The standard InChI is InChI=1S/C23H48Si2/c1-18(2)24(19(3)4,20(5)6)16-14-13-15-17-25(21(7)8,22(9)10)23(11)12/h14-23H,13H2,1-12H3/b16-14+,17-15+. The molecule has 0 fully saturated rings.